The van der Waals surface area contributed by atoms with E-state index in [0.29, 0.717) is 42.1 Å². The first kappa shape index (κ1) is 23.4. The lowest BCUT2D eigenvalue weighted by Crippen LogP contribution is -2.50. The number of halogens is 1. The number of carbonyl (C=O) groups excluding carboxylic acids is 1. The minimum Gasteiger partial charge on any atom is -0.444 e. The summed E-state index contributed by atoms with van der Waals surface area (Å²) in [6.45, 7) is 9.68. The maximum Gasteiger partial charge on any atom is 0.410 e. The van der Waals surface area contributed by atoms with E-state index in [1.54, 1.807) is 35.2 Å². The Balaban J connectivity index is 1.59. The van der Waals surface area contributed by atoms with Crippen LogP contribution in [0.1, 0.15) is 26.3 Å². The third-order valence-electron chi connectivity index (χ3n) is 5.66. The van der Waals surface area contributed by atoms with Crippen molar-refractivity contribution in [2.45, 2.75) is 43.1 Å². The highest BCUT2D eigenvalue weighted by Gasteiger charge is 2.28. The molecule has 0 saturated carbocycles. The molecule has 0 atom stereocenters. The van der Waals surface area contributed by atoms with Crippen LogP contribution in [0.4, 0.5) is 10.5 Å². The van der Waals surface area contributed by atoms with E-state index in [0.717, 1.165) is 11.3 Å². The van der Waals surface area contributed by atoms with E-state index in [4.69, 9.17) is 16.3 Å². The highest BCUT2D eigenvalue weighted by molar-refractivity contribution is 7.91. The van der Waals surface area contributed by atoms with Crippen molar-refractivity contribution in [1.82, 2.24) is 9.88 Å². The van der Waals surface area contributed by atoms with Gasteiger partial charge in [0.15, 0.2) is 0 Å². The Kier molecular flexibility index (Phi) is 6.09. The second-order valence-electron chi connectivity index (χ2n) is 9.25. The predicted octanol–water partition coefficient (Wildman–Crippen LogP) is 5.02. The second kappa shape index (κ2) is 8.57. The number of nitrogens with zero attached hydrogens (tertiary/aromatic N) is 2. The lowest BCUT2D eigenvalue weighted by molar-refractivity contribution is 0.0240. The fourth-order valence-corrected chi connectivity index (χ4v) is 5.58. The number of hydrogen-bond donors (Lipinski definition) is 1. The van der Waals surface area contributed by atoms with E-state index < -0.39 is 15.4 Å². The van der Waals surface area contributed by atoms with Gasteiger partial charge in [-0.05, 0) is 63.6 Å². The van der Waals surface area contributed by atoms with Crippen LogP contribution >= 0.6 is 11.6 Å². The van der Waals surface area contributed by atoms with Crippen LogP contribution < -0.4 is 4.90 Å². The molecule has 9 heteroatoms. The van der Waals surface area contributed by atoms with Crippen molar-refractivity contribution in [1.29, 1.82) is 0 Å². The number of aryl methyl sites for hydroxylation is 1. The molecular formula is C24H28ClN3O4S. The third-order valence-corrected chi connectivity index (χ3v) is 7.68. The molecule has 0 aliphatic carbocycles. The molecule has 1 aromatic heterocycles. The number of sulfone groups is 1. The summed E-state index contributed by atoms with van der Waals surface area (Å²) in [5.41, 5.74) is 1.99. The zero-order valence-corrected chi connectivity index (χ0v) is 20.8. The quantitative estimate of drug-likeness (QED) is 0.558. The number of hydrogen-bond acceptors (Lipinski definition) is 5. The molecule has 4 rings (SSSR count). The van der Waals surface area contributed by atoms with Gasteiger partial charge in [0, 0.05) is 54.0 Å². The van der Waals surface area contributed by atoms with E-state index in [-0.39, 0.29) is 15.9 Å². The molecule has 3 aromatic rings. The number of nitrogens with one attached hydrogen (secondary N) is 1. The molecule has 2 heterocycles. The standard InChI is InChI=1S/C24H28ClN3O4S/c1-16-5-7-18(33(30,31)22-15-26-20-8-6-17(25)13-19(20)22)14-21(16)27-9-11-28(12-10-27)23(29)32-24(2,3)4/h5-8,13-15,26H,9-12H2,1-4H3. The lowest BCUT2D eigenvalue weighted by atomic mass is 10.1. The van der Waals surface area contributed by atoms with E-state index in [2.05, 4.69) is 9.88 Å². The molecule has 1 aliphatic rings. The number of anilines is 1. The molecular weight excluding hydrogens is 462 g/mol. The SMILES string of the molecule is Cc1ccc(S(=O)(=O)c2c[nH]c3ccc(Cl)cc23)cc1N1CCN(C(=O)OC(C)(C)C)CC1. The van der Waals surface area contributed by atoms with Gasteiger partial charge in [-0.25, -0.2) is 13.2 Å². The molecule has 0 radical (unpaired) electrons. The summed E-state index contributed by atoms with van der Waals surface area (Å²) >= 11 is 6.11. The number of aromatic nitrogens is 1. The van der Waals surface area contributed by atoms with E-state index in [1.807, 2.05) is 33.8 Å². The smallest absolute Gasteiger partial charge is 0.410 e. The molecule has 0 bridgehead atoms. The first-order valence-corrected chi connectivity index (χ1v) is 12.7. The molecule has 1 fully saturated rings. The first-order chi connectivity index (χ1) is 15.5. The molecule has 1 saturated heterocycles. The Bertz CT molecular complexity index is 1300. The second-order valence-corrected chi connectivity index (χ2v) is 11.6. The Hall–Kier alpha value is -2.71. The van der Waals surface area contributed by atoms with Gasteiger partial charge in [0.1, 0.15) is 5.60 Å². The Morgan fingerprint density at radius 3 is 2.42 bits per heavy atom. The summed E-state index contributed by atoms with van der Waals surface area (Å²) in [4.78, 5) is 19.6. The zero-order chi connectivity index (χ0) is 24.0. The van der Waals surface area contributed by atoms with Crippen LogP contribution in [0.5, 0.6) is 0 Å². The number of ether oxygens (including phenoxy) is 1. The molecule has 0 spiro atoms. The van der Waals surface area contributed by atoms with Crippen molar-refractivity contribution in [3.8, 4) is 0 Å². The number of fused-ring (bicyclic) bond motifs is 1. The number of amides is 1. The van der Waals surface area contributed by atoms with E-state index in [1.165, 1.54) is 6.20 Å². The van der Waals surface area contributed by atoms with Crippen LogP contribution in [0.15, 0.2) is 52.4 Å². The molecule has 1 N–H and O–H groups in total. The highest BCUT2D eigenvalue weighted by atomic mass is 35.5. The molecule has 1 amide bonds. The number of piperazine rings is 1. The Morgan fingerprint density at radius 2 is 1.76 bits per heavy atom. The van der Waals surface area contributed by atoms with Crippen molar-refractivity contribution in [2.75, 3.05) is 31.1 Å². The van der Waals surface area contributed by atoms with Crippen molar-refractivity contribution < 1.29 is 17.9 Å². The maximum atomic E-state index is 13.5. The van der Waals surface area contributed by atoms with Gasteiger partial charge in [-0.3, -0.25) is 0 Å². The van der Waals surface area contributed by atoms with Crippen LogP contribution in [0, 0.1) is 6.92 Å². The topological polar surface area (TPSA) is 82.7 Å². The molecule has 176 valence electrons. The fraction of sp³-hybridized carbons (Fsp3) is 0.375. The maximum absolute atomic E-state index is 13.5. The fourth-order valence-electron chi connectivity index (χ4n) is 3.97. The average molecular weight is 490 g/mol. The average Bonchev–Trinajstić information content (AvgIpc) is 3.16. The molecule has 0 unspecified atom stereocenters. The minimum absolute atomic E-state index is 0.199. The van der Waals surface area contributed by atoms with Gasteiger partial charge >= 0.3 is 6.09 Å². The number of H-pyrrole nitrogens is 1. The number of carbonyl (C=O) groups is 1. The monoisotopic (exact) mass is 489 g/mol. The van der Waals surface area contributed by atoms with Gasteiger partial charge in [-0.2, -0.15) is 0 Å². The van der Waals surface area contributed by atoms with Gasteiger partial charge in [-0.1, -0.05) is 17.7 Å². The number of rotatable bonds is 3. The Morgan fingerprint density at radius 1 is 1.06 bits per heavy atom. The third kappa shape index (κ3) is 4.82. The van der Waals surface area contributed by atoms with Gasteiger partial charge in [-0.15, -0.1) is 0 Å². The van der Waals surface area contributed by atoms with Crippen molar-refractivity contribution >= 4 is 44.1 Å². The lowest BCUT2D eigenvalue weighted by Gasteiger charge is -2.37. The summed E-state index contributed by atoms with van der Waals surface area (Å²) in [6.07, 6.45) is 1.18. The Labute approximate surface area is 199 Å². The van der Waals surface area contributed by atoms with Crippen molar-refractivity contribution in [2.24, 2.45) is 0 Å². The molecule has 7 nitrogen and oxygen atoms in total. The van der Waals surface area contributed by atoms with Gasteiger partial charge < -0.3 is 19.5 Å². The molecule has 1 aliphatic heterocycles. The number of benzene rings is 2. The van der Waals surface area contributed by atoms with Crippen LogP contribution in [0.25, 0.3) is 10.9 Å². The zero-order valence-electron chi connectivity index (χ0n) is 19.2. The van der Waals surface area contributed by atoms with Gasteiger partial charge in [0.25, 0.3) is 0 Å². The molecule has 2 aromatic carbocycles. The first-order valence-electron chi connectivity index (χ1n) is 10.8. The predicted molar refractivity (Wildman–Crippen MR) is 130 cm³/mol. The highest BCUT2D eigenvalue weighted by Crippen LogP contribution is 2.33. The largest absolute Gasteiger partial charge is 0.444 e. The number of aromatic amines is 1. The van der Waals surface area contributed by atoms with Crippen LogP contribution in [0.3, 0.4) is 0 Å². The summed E-state index contributed by atoms with van der Waals surface area (Å²) in [5, 5.41) is 1.04. The van der Waals surface area contributed by atoms with Crippen LogP contribution in [-0.4, -0.2) is 56.2 Å². The van der Waals surface area contributed by atoms with E-state index in [9.17, 15) is 13.2 Å². The van der Waals surface area contributed by atoms with E-state index >= 15 is 0 Å². The van der Waals surface area contributed by atoms with Crippen molar-refractivity contribution in [3.05, 3.63) is 53.2 Å². The summed E-state index contributed by atoms with van der Waals surface area (Å²) < 4.78 is 32.4. The summed E-state index contributed by atoms with van der Waals surface area (Å²) in [5.74, 6) is 0. The van der Waals surface area contributed by atoms with Crippen LogP contribution in [0.2, 0.25) is 5.02 Å². The summed E-state index contributed by atoms with van der Waals surface area (Å²) in [7, 11) is -3.76. The van der Waals surface area contributed by atoms with Crippen LogP contribution in [-0.2, 0) is 14.6 Å². The van der Waals surface area contributed by atoms with Gasteiger partial charge in [0.2, 0.25) is 9.84 Å². The molecule has 33 heavy (non-hydrogen) atoms. The van der Waals surface area contributed by atoms with Gasteiger partial charge in [0.05, 0.1) is 9.79 Å². The minimum atomic E-state index is -3.76. The summed E-state index contributed by atoms with van der Waals surface area (Å²) in [6, 6.07) is 10.3. The normalized spacial score (nSPS) is 15.2. The van der Waals surface area contributed by atoms with Crippen molar-refractivity contribution in [3.63, 3.8) is 0 Å².